The summed E-state index contributed by atoms with van der Waals surface area (Å²) in [5.74, 6) is 0. The van der Waals surface area contributed by atoms with Gasteiger partial charge in [0.15, 0.2) is 0 Å². The van der Waals surface area contributed by atoms with Gasteiger partial charge in [-0.2, -0.15) is 0 Å². The quantitative estimate of drug-likeness (QED) is 0.788. The van der Waals surface area contributed by atoms with Gasteiger partial charge in [0, 0.05) is 22.7 Å². The lowest BCUT2D eigenvalue weighted by atomic mass is 10.0. The number of nitrogens with one attached hydrogen (secondary N) is 2. The van der Waals surface area contributed by atoms with Crippen molar-refractivity contribution in [2.75, 3.05) is 7.05 Å². The van der Waals surface area contributed by atoms with Crippen LogP contribution in [0, 0.1) is 0 Å². The number of benzene rings is 1. The summed E-state index contributed by atoms with van der Waals surface area (Å²) in [6, 6.07) is 3.00. The Hall–Kier alpha value is -0.330. The summed E-state index contributed by atoms with van der Waals surface area (Å²) in [4.78, 5) is 0.0583. The van der Waals surface area contributed by atoms with Crippen molar-refractivity contribution in [1.29, 1.82) is 0 Å². The molecular formula is C14H22Cl2N2O2S. The molecule has 0 heterocycles. The zero-order valence-corrected chi connectivity index (χ0v) is 15.1. The maximum absolute atomic E-state index is 12.6. The number of hydrogen-bond donors (Lipinski definition) is 2. The van der Waals surface area contributed by atoms with Gasteiger partial charge in [-0.25, -0.2) is 13.1 Å². The van der Waals surface area contributed by atoms with Crippen LogP contribution in [0.2, 0.25) is 10.0 Å². The lowest BCUT2D eigenvalue weighted by molar-refractivity contribution is 0.418. The average molecular weight is 353 g/mol. The van der Waals surface area contributed by atoms with E-state index in [9.17, 15) is 8.42 Å². The van der Waals surface area contributed by atoms with Gasteiger partial charge < -0.3 is 5.32 Å². The van der Waals surface area contributed by atoms with Crippen LogP contribution >= 0.6 is 23.2 Å². The van der Waals surface area contributed by atoms with Crippen molar-refractivity contribution in [1.82, 2.24) is 10.0 Å². The van der Waals surface area contributed by atoms with E-state index in [1.165, 1.54) is 6.07 Å². The minimum absolute atomic E-state index is 0.0583. The summed E-state index contributed by atoms with van der Waals surface area (Å²) < 4.78 is 27.8. The van der Waals surface area contributed by atoms with Gasteiger partial charge in [0.25, 0.3) is 0 Å². The summed E-state index contributed by atoms with van der Waals surface area (Å²) >= 11 is 12.3. The topological polar surface area (TPSA) is 58.2 Å². The zero-order chi connectivity index (χ0) is 16.3. The molecule has 0 aliphatic rings. The monoisotopic (exact) mass is 352 g/mol. The first-order valence-corrected chi connectivity index (χ1v) is 9.04. The summed E-state index contributed by atoms with van der Waals surface area (Å²) in [6.07, 6.45) is 1.62. The van der Waals surface area contributed by atoms with Crippen LogP contribution in [0.3, 0.4) is 0 Å². The van der Waals surface area contributed by atoms with E-state index in [-0.39, 0.29) is 9.92 Å². The van der Waals surface area contributed by atoms with Gasteiger partial charge in [0.2, 0.25) is 10.0 Å². The second-order valence-corrected chi connectivity index (χ2v) is 8.04. The molecule has 2 N–H and O–H groups in total. The van der Waals surface area contributed by atoms with Crippen molar-refractivity contribution >= 4 is 33.2 Å². The van der Waals surface area contributed by atoms with Crippen molar-refractivity contribution in [3.63, 3.8) is 0 Å². The summed E-state index contributed by atoms with van der Waals surface area (Å²) in [5, 5.41) is 3.54. The molecule has 0 aliphatic heterocycles. The van der Waals surface area contributed by atoms with Crippen LogP contribution in [0.25, 0.3) is 0 Å². The molecule has 0 fully saturated rings. The fourth-order valence-electron chi connectivity index (χ4n) is 2.22. The molecule has 0 aliphatic carbocycles. The van der Waals surface area contributed by atoms with Gasteiger partial charge in [0.05, 0.1) is 5.02 Å². The second-order valence-electron chi connectivity index (χ2n) is 5.61. The molecule has 4 nitrogen and oxygen atoms in total. The van der Waals surface area contributed by atoms with Crippen molar-refractivity contribution in [2.24, 2.45) is 0 Å². The number of rotatable bonds is 7. The van der Waals surface area contributed by atoms with E-state index in [0.29, 0.717) is 17.1 Å². The lowest BCUT2D eigenvalue weighted by Gasteiger charge is -2.26. The van der Waals surface area contributed by atoms with E-state index in [0.717, 1.165) is 12.8 Å². The van der Waals surface area contributed by atoms with Gasteiger partial charge in [0.1, 0.15) is 4.90 Å². The summed E-state index contributed by atoms with van der Waals surface area (Å²) in [6.45, 7) is 6.12. The van der Waals surface area contributed by atoms with Gasteiger partial charge in [-0.1, -0.05) is 36.5 Å². The standard InChI is InChI=1S/C14H22Cl2N2O2S/c1-5-8-14(2,3)18-21(19,20)12-7-6-11(15)10(9-17-4)13(12)16/h6-7,17-18H,5,8-9H2,1-4H3. The van der Waals surface area contributed by atoms with Crippen molar-refractivity contribution in [2.45, 2.75) is 50.6 Å². The van der Waals surface area contributed by atoms with Crippen LogP contribution in [-0.2, 0) is 16.6 Å². The van der Waals surface area contributed by atoms with Gasteiger partial charge in [-0.15, -0.1) is 0 Å². The van der Waals surface area contributed by atoms with Crippen LogP contribution in [0.4, 0.5) is 0 Å². The van der Waals surface area contributed by atoms with Crippen LogP contribution in [0.15, 0.2) is 17.0 Å². The maximum Gasteiger partial charge on any atom is 0.242 e. The van der Waals surface area contributed by atoms with E-state index in [1.807, 2.05) is 20.8 Å². The molecule has 0 saturated heterocycles. The molecule has 0 radical (unpaired) electrons. The fraction of sp³-hybridized carbons (Fsp3) is 0.571. The predicted octanol–water partition coefficient (Wildman–Crippen LogP) is 3.57. The number of sulfonamides is 1. The van der Waals surface area contributed by atoms with Crippen LogP contribution in [0.5, 0.6) is 0 Å². The maximum atomic E-state index is 12.6. The molecule has 0 aromatic heterocycles. The Balaban J connectivity index is 3.24. The molecular weight excluding hydrogens is 331 g/mol. The van der Waals surface area contributed by atoms with E-state index in [2.05, 4.69) is 10.0 Å². The molecule has 0 bridgehead atoms. The van der Waals surface area contributed by atoms with E-state index in [4.69, 9.17) is 23.2 Å². The van der Waals surface area contributed by atoms with Crippen LogP contribution in [0.1, 0.15) is 39.2 Å². The Labute approximate surface area is 137 Å². The first kappa shape index (κ1) is 18.7. The third kappa shape index (κ3) is 4.83. The molecule has 0 atom stereocenters. The summed E-state index contributed by atoms with van der Waals surface area (Å²) in [5.41, 5.74) is 0.0525. The molecule has 0 spiro atoms. The molecule has 0 amide bonds. The molecule has 21 heavy (non-hydrogen) atoms. The molecule has 0 unspecified atom stereocenters. The largest absolute Gasteiger partial charge is 0.316 e. The highest BCUT2D eigenvalue weighted by molar-refractivity contribution is 7.89. The Morgan fingerprint density at radius 2 is 1.86 bits per heavy atom. The highest BCUT2D eigenvalue weighted by Gasteiger charge is 2.28. The fourth-order valence-corrected chi connectivity index (χ4v) is 4.57. The molecule has 7 heteroatoms. The van der Waals surface area contributed by atoms with Crippen LogP contribution in [-0.4, -0.2) is 21.0 Å². The Kier molecular flexibility index (Phi) is 6.50. The SMILES string of the molecule is CCCC(C)(C)NS(=O)(=O)c1ccc(Cl)c(CNC)c1Cl. The van der Waals surface area contributed by atoms with E-state index >= 15 is 0 Å². The molecule has 120 valence electrons. The minimum Gasteiger partial charge on any atom is -0.316 e. The highest BCUT2D eigenvalue weighted by Crippen LogP contribution is 2.31. The lowest BCUT2D eigenvalue weighted by Crippen LogP contribution is -2.43. The van der Waals surface area contributed by atoms with Crippen molar-refractivity contribution < 1.29 is 8.42 Å². The van der Waals surface area contributed by atoms with E-state index in [1.54, 1.807) is 13.1 Å². The normalized spacial score (nSPS) is 12.7. The first-order valence-electron chi connectivity index (χ1n) is 6.80. The highest BCUT2D eigenvalue weighted by atomic mass is 35.5. The third-order valence-corrected chi connectivity index (χ3v) is 5.72. The Morgan fingerprint density at radius 1 is 1.24 bits per heavy atom. The molecule has 1 aromatic rings. The zero-order valence-electron chi connectivity index (χ0n) is 12.8. The minimum atomic E-state index is -3.70. The Morgan fingerprint density at radius 3 is 2.38 bits per heavy atom. The van der Waals surface area contributed by atoms with Gasteiger partial charge in [-0.3, -0.25) is 0 Å². The third-order valence-electron chi connectivity index (χ3n) is 3.08. The predicted molar refractivity (Wildman–Crippen MR) is 88.5 cm³/mol. The summed E-state index contributed by atoms with van der Waals surface area (Å²) in [7, 11) is -1.95. The molecule has 1 aromatic carbocycles. The second kappa shape index (κ2) is 7.29. The van der Waals surface area contributed by atoms with Gasteiger partial charge in [-0.05, 0) is 39.4 Å². The smallest absolute Gasteiger partial charge is 0.242 e. The number of hydrogen-bond acceptors (Lipinski definition) is 3. The number of halogens is 2. The van der Waals surface area contributed by atoms with Crippen LogP contribution < -0.4 is 10.0 Å². The van der Waals surface area contributed by atoms with Gasteiger partial charge >= 0.3 is 0 Å². The van der Waals surface area contributed by atoms with Crippen molar-refractivity contribution in [3.05, 3.63) is 27.7 Å². The van der Waals surface area contributed by atoms with E-state index < -0.39 is 15.6 Å². The first-order chi connectivity index (χ1) is 9.64. The molecule has 0 saturated carbocycles. The molecule has 1 rings (SSSR count). The Bertz CT molecular complexity index is 601. The average Bonchev–Trinajstić information content (AvgIpc) is 2.32. The van der Waals surface area contributed by atoms with Crippen molar-refractivity contribution in [3.8, 4) is 0 Å².